The first-order valence-corrected chi connectivity index (χ1v) is 13.6. The van der Waals surface area contributed by atoms with E-state index in [9.17, 15) is 0 Å². The van der Waals surface area contributed by atoms with Crippen LogP contribution >= 0.6 is 23.8 Å². The van der Waals surface area contributed by atoms with E-state index in [-0.39, 0.29) is 6.04 Å². The van der Waals surface area contributed by atoms with Crippen molar-refractivity contribution in [2.45, 2.75) is 89.8 Å². The third-order valence-electron chi connectivity index (χ3n) is 6.76. The lowest BCUT2D eigenvalue weighted by Crippen LogP contribution is -2.49. The molecule has 4 nitrogen and oxygen atoms in total. The molecule has 0 aliphatic heterocycles. The largest absolute Gasteiger partial charge is 0.423 e. The van der Waals surface area contributed by atoms with Crippen LogP contribution in [0.25, 0.3) is 11.1 Å². The van der Waals surface area contributed by atoms with Crippen molar-refractivity contribution in [3.05, 3.63) is 59.1 Å². The number of oxazole rings is 1. The highest BCUT2D eigenvalue weighted by Gasteiger charge is 2.29. The predicted molar refractivity (Wildman–Crippen MR) is 147 cm³/mol. The first-order valence-electron chi connectivity index (χ1n) is 12.8. The van der Waals surface area contributed by atoms with Crippen molar-refractivity contribution in [1.82, 2.24) is 10.3 Å². The minimum Gasteiger partial charge on any atom is -0.423 e. The zero-order chi connectivity index (χ0) is 23.8. The molecule has 0 amide bonds. The number of nitrogens with zero attached hydrogens (tertiary/aromatic N) is 2. The van der Waals surface area contributed by atoms with Gasteiger partial charge in [0.25, 0.3) is 6.01 Å². The van der Waals surface area contributed by atoms with Crippen LogP contribution in [0.15, 0.2) is 52.9 Å². The van der Waals surface area contributed by atoms with E-state index in [0.29, 0.717) is 18.6 Å². The highest BCUT2D eigenvalue weighted by molar-refractivity contribution is 7.80. The minimum absolute atomic E-state index is 0.0255. The predicted octanol–water partition coefficient (Wildman–Crippen LogP) is 8.08. The summed E-state index contributed by atoms with van der Waals surface area (Å²) in [7, 11) is 0. The van der Waals surface area contributed by atoms with Gasteiger partial charge in [0.05, 0.1) is 11.0 Å². The van der Waals surface area contributed by atoms with E-state index in [1.165, 1.54) is 51.4 Å². The lowest BCUT2D eigenvalue weighted by Gasteiger charge is -2.34. The number of anilines is 1. The number of hydrogen-bond donors (Lipinski definition) is 1. The Morgan fingerprint density at radius 2 is 1.85 bits per heavy atom. The van der Waals surface area contributed by atoms with Gasteiger partial charge in [-0.05, 0) is 49.1 Å². The topological polar surface area (TPSA) is 41.3 Å². The van der Waals surface area contributed by atoms with Gasteiger partial charge in [-0.25, -0.2) is 0 Å². The quantitative estimate of drug-likeness (QED) is 0.214. The molecular formula is C28H36ClN3OS. The molecule has 1 aromatic heterocycles. The Bertz CT molecular complexity index is 1010. The second-order valence-electron chi connectivity index (χ2n) is 9.43. The number of rotatable bonds is 11. The van der Waals surface area contributed by atoms with Gasteiger partial charge in [-0.15, -0.1) is 0 Å². The molecule has 1 unspecified atom stereocenters. The molecule has 1 fully saturated rings. The Morgan fingerprint density at radius 1 is 1.09 bits per heavy atom. The number of hydrogen-bond acceptors (Lipinski definition) is 4. The molecule has 0 radical (unpaired) electrons. The van der Waals surface area contributed by atoms with Gasteiger partial charge in [-0.2, -0.15) is 4.98 Å². The highest BCUT2D eigenvalue weighted by atomic mass is 35.5. The molecule has 1 N–H and O–H groups in total. The van der Waals surface area contributed by atoms with Gasteiger partial charge in [0, 0.05) is 17.6 Å². The normalized spacial score (nSPS) is 15.4. The van der Waals surface area contributed by atoms with Gasteiger partial charge < -0.3 is 14.6 Å². The van der Waals surface area contributed by atoms with Gasteiger partial charge >= 0.3 is 0 Å². The summed E-state index contributed by atoms with van der Waals surface area (Å²) in [5.74, 6) is 0. The smallest absolute Gasteiger partial charge is 0.299 e. The molecule has 1 atom stereocenters. The van der Waals surface area contributed by atoms with E-state index in [0.717, 1.165) is 39.5 Å². The summed E-state index contributed by atoms with van der Waals surface area (Å²) in [5, 5.41) is 4.48. The van der Waals surface area contributed by atoms with E-state index in [4.69, 9.17) is 33.2 Å². The average Bonchev–Trinajstić information content (AvgIpc) is 3.29. The van der Waals surface area contributed by atoms with Gasteiger partial charge in [0.2, 0.25) is 0 Å². The molecule has 1 saturated carbocycles. The highest BCUT2D eigenvalue weighted by Crippen LogP contribution is 2.28. The maximum absolute atomic E-state index is 6.28. The average molecular weight is 498 g/mol. The minimum atomic E-state index is 0.0255. The Balaban J connectivity index is 1.64. The molecule has 0 saturated heterocycles. The van der Waals surface area contributed by atoms with Gasteiger partial charge in [0.1, 0.15) is 5.52 Å². The van der Waals surface area contributed by atoms with Crippen LogP contribution in [0.4, 0.5) is 6.01 Å². The van der Waals surface area contributed by atoms with E-state index < -0.39 is 0 Å². The van der Waals surface area contributed by atoms with Crippen molar-refractivity contribution in [1.29, 1.82) is 0 Å². The van der Waals surface area contributed by atoms with Crippen LogP contribution < -0.4 is 10.2 Å². The van der Waals surface area contributed by atoms with E-state index in [1.54, 1.807) is 0 Å². The number of para-hydroxylation sites is 2. The number of aromatic nitrogens is 1. The summed E-state index contributed by atoms with van der Waals surface area (Å²) in [6.07, 6.45) is 12.1. The number of thiocarbonyl (C=S) groups is 1. The molecule has 3 aromatic rings. The van der Waals surface area contributed by atoms with Crippen molar-refractivity contribution in [3.8, 4) is 0 Å². The molecule has 1 heterocycles. The number of unbranched alkanes of at least 4 members (excludes halogenated alkanes) is 3. The molecule has 34 heavy (non-hydrogen) atoms. The Labute approximate surface area is 214 Å². The molecule has 6 heteroatoms. The zero-order valence-electron chi connectivity index (χ0n) is 20.1. The standard InChI is InChI=1S/C28H36ClN3OS/c1-2-3-4-8-14-25(27(34)30-23-11-6-5-7-12-23)32(20-21-16-18-22(29)19-17-21)28-31-24-13-9-10-15-26(24)33-28/h9-10,13,15-19,23,25H,2-8,11-12,14,20H2,1H3,(H,30,34). The maximum Gasteiger partial charge on any atom is 0.299 e. The van der Waals surface area contributed by atoms with Crippen LogP contribution in [-0.2, 0) is 6.54 Å². The molecule has 1 aliphatic rings. The van der Waals surface area contributed by atoms with Crippen LogP contribution in [0.5, 0.6) is 0 Å². The molecule has 4 rings (SSSR count). The summed E-state index contributed by atoms with van der Waals surface area (Å²) in [4.78, 5) is 8.04. The van der Waals surface area contributed by atoms with Crippen LogP contribution in [-0.4, -0.2) is 22.1 Å². The number of fused-ring (bicyclic) bond motifs is 1. The fraction of sp³-hybridized carbons (Fsp3) is 0.500. The molecule has 2 aromatic carbocycles. The number of benzene rings is 2. The first kappa shape index (κ1) is 25.0. The lowest BCUT2D eigenvalue weighted by molar-refractivity contribution is 0.409. The van der Waals surface area contributed by atoms with E-state index in [2.05, 4.69) is 29.3 Å². The SMILES string of the molecule is CCCCCCC(C(=S)NC1CCCCC1)N(Cc1ccc(Cl)cc1)c1nc2ccccc2o1. The Kier molecular flexibility index (Phi) is 9.23. The van der Waals surface area contributed by atoms with Gasteiger partial charge in [0.15, 0.2) is 5.58 Å². The fourth-order valence-electron chi connectivity index (χ4n) is 4.82. The second-order valence-corrected chi connectivity index (χ2v) is 10.3. The summed E-state index contributed by atoms with van der Waals surface area (Å²) in [6.45, 7) is 2.91. The third kappa shape index (κ3) is 6.73. The van der Waals surface area contributed by atoms with Crippen molar-refractivity contribution in [2.24, 2.45) is 0 Å². The van der Waals surface area contributed by atoms with Crippen LogP contribution in [0.3, 0.4) is 0 Å². The van der Waals surface area contributed by atoms with Gasteiger partial charge in [-0.3, -0.25) is 0 Å². The summed E-state index contributed by atoms with van der Waals surface area (Å²) in [6, 6.07) is 17.1. The zero-order valence-corrected chi connectivity index (χ0v) is 21.7. The Hall–Kier alpha value is -2.11. The first-order chi connectivity index (χ1) is 16.6. The monoisotopic (exact) mass is 497 g/mol. The summed E-state index contributed by atoms with van der Waals surface area (Å²) >= 11 is 12.2. The van der Waals surface area contributed by atoms with Gasteiger partial charge in [-0.1, -0.05) is 100.0 Å². The van der Waals surface area contributed by atoms with E-state index >= 15 is 0 Å². The van der Waals surface area contributed by atoms with E-state index in [1.807, 2.05) is 36.4 Å². The molecule has 0 spiro atoms. The molecule has 182 valence electrons. The van der Waals surface area contributed by atoms with Crippen LogP contribution in [0, 0.1) is 0 Å². The van der Waals surface area contributed by atoms with Crippen molar-refractivity contribution < 1.29 is 4.42 Å². The fourth-order valence-corrected chi connectivity index (χ4v) is 5.36. The number of halogens is 1. The summed E-state index contributed by atoms with van der Waals surface area (Å²) in [5.41, 5.74) is 2.83. The Morgan fingerprint density at radius 3 is 2.59 bits per heavy atom. The van der Waals surface area contributed by atoms with Crippen molar-refractivity contribution >= 4 is 45.9 Å². The van der Waals surface area contributed by atoms with Crippen molar-refractivity contribution in [2.75, 3.05) is 4.90 Å². The molecular weight excluding hydrogens is 462 g/mol. The maximum atomic E-state index is 6.28. The number of nitrogens with one attached hydrogen (secondary N) is 1. The third-order valence-corrected chi connectivity index (χ3v) is 7.40. The van der Waals surface area contributed by atoms with Crippen molar-refractivity contribution in [3.63, 3.8) is 0 Å². The lowest BCUT2D eigenvalue weighted by atomic mass is 9.95. The van der Waals surface area contributed by atoms with Crippen LogP contribution in [0.1, 0.15) is 76.7 Å². The van der Waals surface area contributed by atoms with Crippen LogP contribution in [0.2, 0.25) is 5.02 Å². The molecule has 1 aliphatic carbocycles. The summed E-state index contributed by atoms with van der Waals surface area (Å²) < 4.78 is 6.28. The second kappa shape index (κ2) is 12.6. The molecule has 0 bridgehead atoms.